The van der Waals surface area contributed by atoms with Gasteiger partial charge in [-0.05, 0) is 37.8 Å². The average molecular weight is 288 g/mol. The van der Waals surface area contributed by atoms with Gasteiger partial charge in [0.05, 0.1) is 6.61 Å². The Kier molecular flexibility index (Phi) is 3.68. The van der Waals surface area contributed by atoms with Gasteiger partial charge in [-0.1, -0.05) is 23.4 Å². The van der Waals surface area contributed by atoms with Crippen LogP contribution in [-0.2, 0) is 16.8 Å². The van der Waals surface area contributed by atoms with Crippen molar-refractivity contribution in [3.8, 4) is 5.75 Å². The summed E-state index contributed by atoms with van der Waals surface area (Å²) in [5, 5.41) is 4.04. The lowest BCUT2D eigenvalue weighted by molar-refractivity contribution is 0.00973. The number of fused-ring (bicyclic) bond motifs is 1. The first kappa shape index (κ1) is 14.1. The molecule has 0 radical (unpaired) electrons. The average Bonchev–Trinajstić information content (AvgIpc) is 2.97. The quantitative estimate of drug-likeness (QED) is 0.865. The first-order chi connectivity index (χ1) is 10.1. The van der Waals surface area contributed by atoms with Gasteiger partial charge in [0, 0.05) is 13.5 Å². The Labute approximate surface area is 124 Å². The molecule has 0 aliphatic carbocycles. The number of methoxy groups -OCH3 is 1. The summed E-state index contributed by atoms with van der Waals surface area (Å²) in [4.78, 5) is 4.48. The monoisotopic (exact) mass is 288 g/mol. The summed E-state index contributed by atoms with van der Waals surface area (Å²) in [7, 11) is 1.64. The molecule has 1 aromatic heterocycles. The van der Waals surface area contributed by atoms with Gasteiger partial charge in [-0.3, -0.25) is 0 Å². The lowest BCUT2D eigenvalue weighted by Gasteiger charge is -2.24. The van der Waals surface area contributed by atoms with Crippen molar-refractivity contribution in [3.63, 3.8) is 0 Å². The lowest BCUT2D eigenvalue weighted by atomic mass is 9.90. The topological polar surface area (TPSA) is 57.4 Å². The normalized spacial score (nSPS) is 18.1. The minimum absolute atomic E-state index is 0.355. The first-order valence-electron chi connectivity index (χ1n) is 7.20. The highest BCUT2D eigenvalue weighted by atomic mass is 16.5. The van der Waals surface area contributed by atoms with Crippen molar-refractivity contribution >= 4 is 0 Å². The van der Waals surface area contributed by atoms with Gasteiger partial charge in [0.1, 0.15) is 11.4 Å². The molecule has 2 heterocycles. The summed E-state index contributed by atoms with van der Waals surface area (Å²) in [6, 6.07) is 8.14. The van der Waals surface area contributed by atoms with Crippen molar-refractivity contribution in [2.24, 2.45) is 0 Å². The van der Waals surface area contributed by atoms with E-state index < -0.39 is 5.60 Å². The lowest BCUT2D eigenvalue weighted by Crippen LogP contribution is -2.21. The van der Waals surface area contributed by atoms with Crippen molar-refractivity contribution in [1.82, 2.24) is 10.1 Å². The number of hydrogen-bond donors (Lipinski definition) is 0. The first-order valence-corrected chi connectivity index (χ1v) is 7.20. The minimum atomic E-state index is -0.532. The van der Waals surface area contributed by atoms with Crippen LogP contribution < -0.4 is 4.74 Å². The van der Waals surface area contributed by atoms with Gasteiger partial charge in [-0.2, -0.15) is 4.98 Å². The highest BCUT2D eigenvalue weighted by Crippen LogP contribution is 2.35. The fraction of sp³-hybridized carbons (Fsp3) is 0.500. The van der Waals surface area contributed by atoms with Gasteiger partial charge in [0.2, 0.25) is 11.7 Å². The van der Waals surface area contributed by atoms with E-state index in [0.717, 1.165) is 25.2 Å². The van der Waals surface area contributed by atoms with E-state index in [9.17, 15) is 0 Å². The Balaban J connectivity index is 1.79. The zero-order valence-electron chi connectivity index (χ0n) is 12.6. The molecule has 0 saturated heterocycles. The third kappa shape index (κ3) is 2.78. The maximum Gasteiger partial charge on any atom is 0.227 e. The minimum Gasteiger partial charge on any atom is -0.493 e. The molecule has 112 valence electrons. The predicted octanol–water partition coefficient (Wildman–Crippen LogP) is 3.06. The standard InChI is InChI=1S/C16H20N2O3/c1-16(2,19-3)15-17-14(21-18-15)10-11-8-9-20-13-7-5-4-6-12(11)13/h4-7,11H,8-10H2,1-3H3/t11-/m0/s1. The van der Waals surface area contributed by atoms with Gasteiger partial charge in [-0.15, -0.1) is 0 Å². The summed E-state index contributed by atoms with van der Waals surface area (Å²) in [6.07, 6.45) is 1.69. The molecule has 0 fully saturated rings. The molecule has 1 atom stereocenters. The van der Waals surface area contributed by atoms with E-state index in [1.54, 1.807) is 7.11 Å². The number of nitrogens with zero attached hydrogens (tertiary/aromatic N) is 2. The predicted molar refractivity (Wildman–Crippen MR) is 77.3 cm³/mol. The van der Waals surface area contributed by atoms with Crippen molar-refractivity contribution < 1.29 is 14.0 Å². The Morgan fingerprint density at radius 3 is 2.95 bits per heavy atom. The van der Waals surface area contributed by atoms with Crippen LogP contribution in [-0.4, -0.2) is 23.9 Å². The molecule has 0 unspecified atom stereocenters. The van der Waals surface area contributed by atoms with Gasteiger partial charge in [0.25, 0.3) is 0 Å². The molecule has 0 N–H and O–H groups in total. The summed E-state index contributed by atoms with van der Waals surface area (Å²) in [5.41, 5.74) is 0.685. The molecule has 3 rings (SSSR count). The van der Waals surface area contributed by atoms with Crippen LogP contribution in [0.1, 0.15) is 43.5 Å². The van der Waals surface area contributed by atoms with E-state index in [-0.39, 0.29) is 0 Å². The Bertz CT molecular complexity index is 621. The fourth-order valence-corrected chi connectivity index (χ4v) is 2.51. The van der Waals surface area contributed by atoms with Crippen LogP contribution >= 0.6 is 0 Å². The van der Waals surface area contributed by atoms with Crippen molar-refractivity contribution in [2.45, 2.75) is 38.2 Å². The molecule has 0 spiro atoms. The third-order valence-corrected chi connectivity index (χ3v) is 4.02. The van der Waals surface area contributed by atoms with Crippen molar-refractivity contribution in [3.05, 3.63) is 41.5 Å². The molecule has 0 bridgehead atoms. The maximum absolute atomic E-state index is 5.68. The van der Waals surface area contributed by atoms with E-state index in [1.807, 2.05) is 32.0 Å². The zero-order valence-corrected chi connectivity index (χ0v) is 12.6. The van der Waals surface area contributed by atoms with Gasteiger partial charge in [-0.25, -0.2) is 0 Å². The van der Waals surface area contributed by atoms with Crippen molar-refractivity contribution in [1.29, 1.82) is 0 Å². The SMILES string of the molecule is COC(C)(C)c1noc(C[C@@H]2CCOc3ccccc32)n1. The molecule has 5 nitrogen and oxygen atoms in total. The molecular weight excluding hydrogens is 268 g/mol. The summed E-state index contributed by atoms with van der Waals surface area (Å²) >= 11 is 0. The maximum atomic E-state index is 5.68. The largest absolute Gasteiger partial charge is 0.493 e. The number of aromatic nitrogens is 2. The summed E-state index contributed by atoms with van der Waals surface area (Å²) < 4.78 is 16.4. The van der Waals surface area contributed by atoms with E-state index in [4.69, 9.17) is 14.0 Å². The summed E-state index contributed by atoms with van der Waals surface area (Å²) in [5.74, 6) is 2.55. The number of ether oxygens (including phenoxy) is 2. The molecular formula is C16H20N2O3. The van der Waals surface area contributed by atoms with Crippen LogP contribution in [0.3, 0.4) is 0 Å². The van der Waals surface area contributed by atoms with Crippen LogP contribution in [0, 0.1) is 0 Å². The highest BCUT2D eigenvalue weighted by Gasteiger charge is 2.28. The third-order valence-electron chi connectivity index (χ3n) is 4.02. The molecule has 2 aromatic rings. The zero-order chi connectivity index (χ0) is 14.9. The highest BCUT2D eigenvalue weighted by molar-refractivity contribution is 5.38. The van der Waals surface area contributed by atoms with Gasteiger partial charge < -0.3 is 14.0 Å². The fourth-order valence-electron chi connectivity index (χ4n) is 2.51. The van der Waals surface area contributed by atoms with E-state index in [2.05, 4.69) is 16.2 Å². The molecule has 1 aromatic carbocycles. The van der Waals surface area contributed by atoms with Crippen molar-refractivity contribution in [2.75, 3.05) is 13.7 Å². The second-order valence-electron chi connectivity index (χ2n) is 5.80. The summed E-state index contributed by atoms with van der Waals surface area (Å²) in [6.45, 7) is 4.57. The van der Waals surface area contributed by atoms with E-state index in [0.29, 0.717) is 17.6 Å². The Hall–Kier alpha value is -1.88. The van der Waals surface area contributed by atoms with Crippen LogP contribution in [0.2, 0.25) is 0 Å². The second kappa shape index (κ2) is 5.48. The number of para-hydroxylation sites is 1. The second-order valence-corrected chi connectivity index (χ2v) is 5.80. The number of rotatable bonds is 4. The van der Waals surface area contributed by atoms with Crippen LogP contribution in [0.25, 0.3) is 0 Å². The number of hydrogen-bond acceptors (Lipinski definition) is 5. The smallest absolute Gasteiger partial charge is 0.227 e. The molecule has 0 saturated carbocycles. The van der Waals surface area contributed by atoms with Gasteiger partial charge >= 0.3 is 0 Å². The van der Waals surface area contributed by atoms with Crippen LogP contribution in [0.5, 0.6) is 5.75 Å². The number of benzene rings is 1. The molecule has 5 heteroatoms. The molecule has 0 amide bonds. The molecule has 1 aliphatic heterocycles. The Morgan fingerprint density at radius 1 is 1.33 bits per heavy atom. The Morgan fingerprint density at radius 2 is 2.14 bits per heavy atom. The van der Waals surface area contributed by atoms with E-state index in [1.165, 1.54) is 5.56 Å². The van der Waals surface area contributed by atoms with Crippen LogP contribution in [0.15, 0.2) is 28.8 Å². The molecule has 1 aliphatic rings. The molecule has 21 heavy (non-hydrogen) atoms. The van der Waals surface area contributed by atoms with Crippen LogP contribution in [0.4, 0.5) is 0 Å². The van der Waals surface area contributed by atoms with Gasteiger partial charge in [0.15, 0.2) is 0 Å². The van der Waals surface area contributed by atoms with E-state index >= 15 is 0 Å².